The first-order valence-electron chi connectivity index (χ1n) is 9.56. The second kappa shape index (κ2) is 10.1. The molecule has 152 valence electrons. The van der Waals surface area contributed by atoms with Gasteiger partial charge in [-0.3, -0.25) is 9.78 Å². The van der Waals surface area contributed by atoms with E-state index in [9.17, 15) is 9.59 Å². The lowest BCUT2D eigenvalue weighted by Gasteiger charge is -2.21. The molecule has 6 heteroatoms. The minimum Gasteiger partial charge on any atom is -0.460 e. The van der Waals surface area contributed by atoms with Crippen LogP contribution < -0.4 is 0 Å². The molecule has 2 aromatic heterocycles. The van der Waals surface area contributed by atoms with Gasteiger partial charge in [0.2, 0.25) is 0 Å². The predicted octanol–water partition coefficient (Wildman–Crippen LogP) is 4.09. The summed E-state index contributed by atoms with van der Waals surface area (Å²) in [6, 6.07) is 20.0. The maximum Gasteiger partial charge on any atom is 0.356 e. The van der Waals surface area contributed by atoms with Crippen LogP contribution in [0, 0.1) is 0 Å². The van der Waals surface area contributed by atoms with Crippen molar-refractivity contribution < 1.29 is 14.3 Å². The molecule has 0 aliphatic carbocycles. The maximum absolute atomic E-state index is 12.6. The molecule has 1 amide bonds. The van der Waals surface area contributed by atoms with E-state index < -0.39 is 5.97 Å². The minimum atomic E-state index is -0.484. The molecule has 0 aliphatic heterocycles. The highest BCUT2D eigenvalue weighted by Gasteiger charge is 2.19. The van der Waals surface area contributed by atoms with Gasteiger partial charge in [-0.25, -0.2) is 9.78 Å². The van der Waals surface area contributed by atoms with Crippen LogP contribution in [0.3, 0.4) is 0 Å². The second-order valence-corrected chi connectivity index (χ2v) is 6.78. The molecule has 0 saturated carbocycles. The molecule has 3 aromatic rings. The van der Waals surface area contributed by atoms with E-state index in [0.717, 1.165) is 11.1 Å². The van der Waals surface area contributed by atoms with Gasteiger partial charge in [0.05, 0.1) is 0 Å². The lowest BCUT2D eigenvalue weighted by Crippen LogP contribution is -2.23. The van der Waals surface area contributed by atoms with E-state index in [4.69, 9.17) is 4.74 Å². The third kappa shape index (κ3) is 5.38. The van der Waals surface area contributed by atoms with Gasteiger partial charge in [0.15, 0.2) is 0 Å². The average Bonchev–Trinajstić information content (AvgIpc) is 2.80. The molecule has 0 N–H and O–H groups in total. The van der Waals surface area contributed by atoms with Crippen LogP contribution in [0.1, 0.15) is 39.4 Å². The Morgan fingerprint density at radius 2 is 1.53 bits per heavy atom. The summed E-state index contributed by atoms with van der Waals surface area (Å²) in [6.07, 6.45) is 4.89. The first kappa shape index (κ1) is 20.9. The van der Waals surface area contributed by atoms with E-state index in [-0.39, 0.29) is 24.1 Å². The van der Waals surface area contributed by atoms with Crippen LogP contribution in [-0.4, -0.2) is 40.4 Å². The van der Waals surface area contributed by atoms with E-state index in [0.29, 0.717) is 5.69 Å². The van der Waals surface area contributed by atoms with Gasteiger partial charge in [-0.15, -0.1) is 0 Å². The van der Waals surface area contributed by atoms with Gasteiger partial charge < -0.3 is 9.64 Å². The van der Waals surface area contributed by atoms with Crippen molar-refractivity contribution in [1.29, 1.82) is 0 Å². The number of carbonyl (C=O) groups excluding carboxylic acids is 2. The number of pyridine rings is 2. The fraction of sp³-hybridized carbons (Fsp3) is 0.167. The first-order chi connectivity index (χ1) is 14.6. The van der Waals surface area contributed by atoms with Crippen LogP contribution in [0.2, 0.25) is 0 Å². The largest absolute Gasteiger partial charge is 0.460 e. The van der Waals surface area contributed by atoms with Gasteiger partial charge in [0.25, 0.3) is 5.91 Å². The standard InChI is InChI=1S/C24H23N3O3/c1-18(16-27(2)23(28)21-12-6-8-14-25-21)20(19-10-4-3-5-11-19)17-30-24(29)22-13-7-9-15-26-22/h3-16,20H,17H2,1-2H3/b18-16+/t20-/m1/s1. The number of rotatable bonds is 7. The molecule has 0 saturated heterocycles. The van der Waals surface area contributed by atoms with Crippen molar-refractivity contribution in [2.24, 2.45) is 0 Å². The monoisotopic (exact) mass is 401 g/mol. The first-order valence-corrected chi connectivity index (χ1v) is 9.56. The lowest BCUT2D eigenvalue weighted by molar-refractivity contribution is 0.0483. The fourth-order valence-corrected chi connectivity index (χ4v) is 3.02. The van der Waals surface area contributed by atoms with E-state index in [1.54, 1.807) is 62.0 Å². The van der Waals surface area contributed by atoms with Crippen molar-refractivity contribution in [3.8, 4) is 0 Å². The van der Waals surface area contributed by atoms with Crippen molar-refractivity contribution in [3.63, 3.8) is 0 Å². The molecular weight excluding hydrogens is 378 g/mol. The van der Waals surface area contributed by atoms with Gasteiger partial charge in [0, 0.05) is 31.6 Å². The van der Waals surface area contributed by atoms with Crippen LogP contribution in [-0.2, 0) is 4.74 Å². The average molecular weight is 401 g/mol. The highest BCUT2D eigenvalue weighted by Crippen LogP contribution is 2.25. The van der Waals surface area contributed by atoms with Crippen molar-refractivity contribution in [2.75, 3.05) is 13.7 Å². The summed E-state index contributed by atoms with van der Waals surface area (Å²) in [7, 11) is 1.68. The molecule has 0 unspecified atom stereocenters. The number of amides is 1. The summed E-state index contributed by atoms with van der Waals surface area (Å²) >= 11 is 0. The van der Waals surface area contributed by atoms with Crippen molar-refractivity contribution in [1.82, 2.24) is 14.9 Å². The molecule has 0 fully saturated rings. The van der Waals surface area contributed by atoms with Crippen molar-refractivity contribution >= 4 is 11.9 Å². The van der Waals surface area contributed by atoms with Crippen LogP contribution >= 0.6 is 0 Å². The highest BCUT2D eigenvalue weighted by atomic mass is 16.5. The maximum atomic E-state index is 12.6. The fourth-order valence-electron chi connectivity index (χ4n) is 3.02. The number of benzene rings is 1. The number of aromatic nitrogens is 2. The Balaban J connectivity index is 1.78. The summed E-state index contributed by atoms with van der Waals surface area (Å²) in [6.45, 7) is 2.04. The van der Waals surface area contributed by atoms with Gasteiger partial charge in [-0.2, -0.15) is 0 Å². The smallest absolute Gasteiger partial charge is 0.356 e. The molecule has 3 rings (SSSR count). The Hall–Kier alpha value is -3.80. The molecule has 0 bridgehead atoms. The minimum absolute atomic E-state index is 0.132. The number of hydrogen-bond acceptors (Lipinski definition) is 5. The van der Waals surface area contributed by atoms with Crippen LogP contribution in [0.4, 0.5) is 0 Å². The molecule has 0 radical (unpaired) electrons. The van der Waals surface area contributed by atoms with E-state index >= 15 is 0 Å². The SMILES string of the molecule is C/C(=C\N(C)C(=O)c1ccccn1)[C@@H](COC(=O)c1ccccn1)c1ccccc1. The van der Waals surface area contributed by atoms with E-state index in [2.05, 4.69) is 9.97 Å². The zero-order valence-electron chi connectivity index (χ0n) is 16.9. The number of hydrogen-bond donors (Lipinski definition) is 0. The second-order valence-electron chi connectivity index (χ2n) is 6.78. The Kier molecular flexibility index (Phi) is 7.05. The van der Waals surface area contributed by atoms with Crippen molar-refractivity contribution in [2.45, 2.75) is 12.8 Å². The van der Waals surface area contributed by atoms with Gasteiger partial charge in [0.1, 0.15) is 18.0 Å². The number of carbonyl (C=O) groups is 2. The molecule has 2 heterocycles. The quantitative estimate of drug-likeness (QED) is 0.558. The summed E-state index contributed by atoms with van der Waals surface area (Å²) in [5, 5.41) is 0. The summed E-state index contributed by atoms with van der Waals surface area (Å²) in [5.41, 5.74) is 2.48. The lowest BCUT2D eigenvalue weighted by atomic mass is 9.93. The summed E-state index contributed by atoms with van der Waals surface area (Å²) in [4.78, 5) is 34.6. The zero-order valence-corrected chi connectivity index (χ0v) is 16.9. The Labute approximate surface area is 175 Å². The van der Waals surface area contributed by atoms with Crippen LogP contribution in [0.15, 0.2) is 90.9 Å². The van der Waals surface area contributed by atoms with Gasteiger partial charge >= 0.3 is 5.97 Å². The Bertz CT molecular complexity index is 1010. The van der Waals surface area contributed by atoms with Gasteiger partial charge in [-0.1, -0.05) is 42.5 Å². The third-order valence-electron chi connectivity index (χ3n) is 4.61. The molecule has 6 nitrogen and oxygen atoms in total. The number of nitrogens with zero attached hydrogens (tertiary/aromatic N) is 3. The molecule has 1 atom stereocenters. The molecule has 1 aromatic carbocycles. The van der Waals surface area contributed by atoms with Crippen molar-refractivity contribution in [3.05, 3.63) is 108 Å². The third-order valence-corrected chi connectivity index (χ3v) is 4.61. The summed E-state index contributed by atoms with van der Waals surface area (Å²) < 4.78 is 5.53. The summed E-state index contributed by atoms with van der Waals surface area (Å²) in [5.74, 6) is -0.910. The molecular formula is C24H23N3O3. The van der Waals surface area contributed by atoms with Gasteiger partial charge in [-0.05, 0) is 42.3 Å². The Morgan fingerprint density at radius 3 is 2.13 bits per heavy atom. The predicted molar refractivity (Wildman–Crippen MR) is 114 cm³/mol. The van der Waals surface area contributed by atoms with E-state index in [1.807, 2.05) is 37.3 Å². The zero-order chi connectivity index (χ0) is 21.3. The molecule has 30 heavy (non-hydrogen) atoms. The number of esters is 1. The topological polar surface area (TPSA) is 72.4 Å². The normalized spacial score (nSPS) is 12.1. The van der Waals surface area contributed by atoms with Crippen LogP contribution in [0.5, 0.6) is 0 Å². The Morgan fingerprint density at radius 1 is 0.933 bits per heavy atom. The number of ether oxygens (including phenoxy) is 1. The van der Waals surface area contributed by atoms with E-state index in [1.165, 1.54) is 4.90 Å². The molecule has 0 spiro atoms. The molecule has 0 aliphatic rings. The van der Waals surface area contributed by atoms with Crippen LogP contribution in [0.25, 0.3) is 0 Å². The highest BCUT2D eigenvalue weighted by molar-refractivity contribution is 5.92.